The van der Waals surface area contributed by atoms with Crippen molar-refractivity contribution in [3.05, 3.63) is 64.9 Å². The van der Waals surface area contributed by atoms with Gasteiger partial charge in [-0.1, -0.05) is 12.1 Å². The minimum absolute atomic E-state index is 0.0427. The molecule has 0 unspecified atom stereocenters. The van der Waals surface area contributed by atoms with Crippen molar-refractivity contribution in [1.82, 2.24) is 9.97 Å². The number of rotatable bonds is 4. The molecule has 0 spiro atoms. The number of nitrogens with one attached hydrogen (secondary N) is 1. The van der Waals surface area contributed by atoms with E-state index in [4.69, 9.17) is 0 Å². The number of carbonyl (C=O) groups is 2. The van der Waals surface area contributed by atoms with Crippen LogP contribution in [0.1, 0.15) is 32.6 Å². The first-order valence-corrected chi connectivity index (χ1v) is 8.16. The van der Waals surface area contributed by atoms with Gasteiger partial charge in [-0.05, 0) is 38.1 Å². The molecular formula is C18H15N3O2S. The Morgan fingerprint density at radius 3 is 2.71 bits per heavy atom. The summed E-state index contributed by atoms with van der Waals surface area (Å²) in [7, 11) is 0. The lowest BCUT2D eigenvalue weighted by Crippen LogP contribution is -2.11. The number of nitrogens with zero attached hydrogens (tertiary/aromatic N) is 2. The number of pyridine rings is 1. The van der Waals surface area contributed by atoms with Crippen molar-refractivity contribution in [2.45, 2.75) is 13.8 Å². The zero-order chi connectivity index (χ0) is 17.1. The number of thiazole rings is 1. The Morgan fingerprint density at radius 1 is 1.17 bits per heavy atom. The molecule has 24 heavy (non-hydrogen) atoms. The van der Waals surface area contributed by atoms with Crippen LogP contribution < -0.4 is 5.32 Å². The van der Waals surface area contributed by atoms with Gasteiger partial charge < -0.3 is 5.32 Å². The van der Waals surface area contributed by atoms with Crippen molar-refractivity contribution in [2.24, 2.45) is 0 Å². The smallest absolute Gasteiger partial charge is 0.267 e. The molecule has 5 nitrogen and oxygen atoms in total. The molecule has 0 atom stereocenters. The first-order chi connectivity index (χ1) is 11.5. The van der Waals surface area contributed by atoms with E-state index in [0.717, 1.165) is 10.6 Å². The van der Waals surface area contributed by atoms with E-state index in [-0.39, 0.29) is 11.7 Å². The van der Waals surface area contributed by atoms with Crippen LogP contribution in [0.25, 0.3) is 10.6 Å². The molecule has 3 aromatic rings. The van der Waals surface area contributed by atoms with Crippen LogP contribution >= 0.6 is 11.3 Å². The van der Waals surface area contributed by atoms with Crippen LogP contribution in [-0.4, -0.2) is 21.7 Å². The minimum Gasteiger partial charge on any atom is -0.321 e. The van der Waals surface area contributed by atoms with Gasteiger partial charge in [-0.15, -0.1) is 11.3 Å². The van der Waals surface area contributed by atoms with E-state index in [9.17, 15) is 9.59 Å². The van der Waals surface area contributed by atoms with Gasteiger partial charge in [0.05, 0.1) is 5.69 Å². The Hall–Kier alpha value is -2.86. The van der Waals surface area contributed by atoms with Crippen molar-refractivity contribution in [1.29, 1.82) is 0 Å². The largest absolute Gasteiger partial charge is 0.321 e. The number of carbonyl (C=O) groups excluding carboxylic acids is 2. The van der Waals surface area contributed by atoms with Gasteiger partial charge in [0, 0.05) is 29.2 Å². The molecule has 0 aliphatic carbocycles. The highest BCUT2D eigenvalue weighted by Crippen LogP contribution is 2.28. The third-order valence-electron chi connectivity index (χ3n) is 3.44. The summed E-state index contributed by atoms with van der Waals surface area (Å²) in [4.78, 5) is 33.0. The van der Waals surface area contributed by atoms with E-state index in [1.54, 1.807) is 43.6 Å². The van der Waals surface area contributed by atoms with E-state index >= 15 is 0 Å². The number of hydrogen-bond acceptors (Lipinski definition) is 5. The lowest BCUT2D eigenvalue weighted by Gasteiger charge is -2.05. The maximum atomic E-state index is 12.5. The molecule has 2 heterocycles. The number of aryl methyl sites for hydroxylation is 1. The summed E-state index contributed by atoms with van der Waals surface area (Å²) < 4.78 is 0. The average molecular weight is 337 g/mol. The van der Waals surface area contributed by atoms with Crippen LogP contribution in [0.4, 0.5) is 5.69 Å². The lowest BCUT2D eigenvalue weighted by atomic mass is 10.1. The Balaban J connectivity index is 1.84. The second kappa shape index (κ2) is 6.72. The number of amides is 1. The number of aromatic nitrogens is 2. The van der Waals surface area contributed by atoms with Crippen molar-refractivity contribution in [3.63, 3.8) is 0 Å². The second-order valence-corrected chi connectivity index (χ2v) is 6.27. The van der Waals surface area contributed by atoms with Crippen molar-refractivity contribution in [3.8, 4) is 10.6 Å². The zero-order valence-electron chi connectivity index (χ0n) is 13.2. The maximum Gasteiger partial charge on any atom is 0.267 e. The van der Waals surface area contributed by atoms with E-state index in [1.165, 1.54) is 18.3 Å². The number of benzene rings is 1. The molecule has 0 bridgehead atoms. The molecule has 1 amide bonds. The fourth-order valence-corrected chi connectivity index (χ4v) is 3.18. The normalized spacial score (nSPS) is 10.4. The molecule has 6 heteroatoms. The van der Waals surface area contributed by atoms with E-state index in [1.807, 2.05) is 12.1 Å². The molecule has 0 aliphatic rings. The summed E-state index contributed by atoms with van der Waals surface area (Å²) in [6, 6.07) is 10.6. The van der Waals surface area contributed by atoms with E-state index < -0.39 is 0 Å². The molecule has 0 radical (unpaired) electrons. The monoisotopic (exact) mass is 337 g/mol. The van der Waals surface area contributed by atoms with Crippen molar-refractivity contribution >= 4 is 28.7 Å². The summed E-state index contributed by atoms with van der Waals surface area (Å²) in [5, 5.41) is 3.58. The molecular weight excluding hydrogens is 322 g/mol. The van der Waals surface area contributed by atoms with Crippen molar-refractivity contribution < 1.29 is 9.59 Å². The van der Waals surface area contributed by atoms with E-state index in [2.05, 4.69) is 15.3 Å². The number of ketones is 1. The molecule has 0 saturated heterocycles. The topological polar surface area (TPSA) is 72.0 Å². The summed E-state index contributed by atoms with van der Waals surface area (Å²) in [5.41, 5.74) is 2.69. The highest BCUT2D eigenvalue weighted by atomic mass is 32.1. The second-order valence-electron chi connectivity index (χ2n) is 5.27. The maximum absolute atomic E-state index is 12.5. The quantitative estimate of drug-likeness (QED) is 0.731. The molecule has 1 aromatic carbocycles. The number of anilines is 1. The number of Topliss-reactive ketones (excluding diaryl/α,β-unsaturated/α-hetero) is 1. The van der Waals surface area contributed by atoms with Gasteiger partial charge in [0.15, 0.2) is 5.78 Å². The first kappa shape index (κ1) is 16.0. The fourth-order valence-electron chi connectivity index (χ4n) is 2.22. The third-order valence-corrected chi connectivity index (χ3v) is 4.64. The molecule has 1 N–H and O–H groups in total. The van der Waals surface area contributed by atoms with Gasteiger partial charge in [0.2, 0.25) is 0 Å². The van der Waals surface area contributed by atoms with Crippen molar-refractivity contribution in [2.75, 3.05) is 5.32 Å². The Labute approximate surface area is 143 Å². The van der Waals surface area contributed by atoms with E-state index in [0.29, 0.717) is 21.8 Å². The van der Waals surface area contributed by atoms with Crippen LogP contribution in [0.3, 0.4) is 0 Å². The standard InChI is InChI=1S/C18H15N3O2S/c1-11-16(24-18(20-11)14-6-4-8-19-10-14)17(23)21-15-7-3-5-13(9-15)12(2)22/h3-10H,1-2H3,(H,21,23). The lowest BCUT2D eigenvalue weighted by molar-refractivity contribution is 0.101. The molecule has 0 aliphatic heterocycles. The van der Waals surface area contributed by atoms with Crippen LogP contribution in [-0.2, 0) is 0 Å². The summed E-state index contributed by atoms with van der Waals surface area (Å²) >= 11 is 1.32. The SMILES string of the molecule is CC(=O)c1cccc(NC(=O)c2sc(-c3cccnc3)nc2C)c1. The zero-order valence-corrected chi connectivity index (χ0v) is 14.1. The first-order valence-electron chi connectivity index (χ1n) is 7.35. The summed E-state index contributed by atoms with van der Waals surface area (Å²) in [6.07, 6.45) is 3.41. The molecule has 0 saturated carbocycles. The highest BCUT2D eigenvalue weighted by molar-refractivity contribution is 7.17. The predicted molar refractivity (Wildman–Crippen MR) is 94.5 cm³/mol. The molecule has 2 aromatic heterocycles. The van der Waals surface area contributed by atoms with Gasteiger partial charge >= 0.3 is 0 Å². The highest BCUT2D eigenvalue weighted by Gasteiger charge is 2.16. The van der Waals surface area contributed by atoms with Gasteiger partial charge in [-0.2, -0.15) is 0 Å². The van der Waals surface area contributed by atoms with Crippen LogP contribution in [0.5, 0.6) is 0 Å². The molecule has 120 valence electrons. The number of hydrogen-bond donors (Lipinski definition) is 1. The van der Waals surface area contributed by atoms with Crippen LogP contribution in [0.2, 0.25) is 0 Å². The predicted octanol–water partition coefficient (Wildman–Crippen LogP) is 3.97. The van der Waals surface area contributed by atoms with Crippen LogP contribution in [0, 0.1) is 6.92 Å². The molecule has 0 fully saturated rings. The Kier molecular flexibility index (Phi) is 4.48. The minimum atomic E-state index is -0.235. The van der Waals surface area contributed by atoms with Gasteiger partial charge in [-0.3, -0.25) is 14.6 Å². The van der Waals surface area contributed by atoms with Crippen LogP contribution in [0.15, 0.2) is 48.8 Å². The third kappa shape index (κ3) is 3.38. The summed E-state index contributed by atoms with van der Waals surface area (Å²) in [5.74, 6) is -0.278. The molecule has 3 rings (SSSR count). The Bertz CT molecular complexity index is 904. The van der Waals surface area contributed by atoms with Gasteiger partial charge in [0.1, 0.15) is 9.88 Å². The fraction of sp³-hybridized carbons (Fsp3) is 0.111. The van der Waals surface area contributed by atoms with Gasteiger partial charge in [-0.25, -0.2) is 4.98 Å². The average Bonchev–Trinajstić information content (AvgIpc) is 2.98. The Morgan fingerprint density at radius 2 is 2.00 bits per heavy atom. The van der Waals surface area contributed by atoms with Gasteiger partial charge in [0.25, 0.3) is 5.91 Å². The summed E-state index contributed by atoms with van der Waals surface area (Å²) in [6.45, 7) is 3.30.